The van der Waals surface area contributed by atoms with Crippen LogP contribution in [0.4, 0.5) is 24.5 Å². The van der Waals surface area contributed by atoms with Crippen LogP contribution in [0.5, 0.6) is 0 Å². The number of para-hydroxylation sites is 1. The van der Waals surface area contributed by atoms with E-state index in [9.17, 15) is 22.8 Å². The average Bonchev–Trinajstić information content (AvgIpc) is 2.61. The van der Waals surface area contributed by atoms with Crippen LogP contribution < -0.4 is 10.6 Å². The molecular weight excluding hydrogens is 413 g/mol. The molecule has 0 aromatic heterocycles. The second-order valence-electron chi connectivity index (χ2n) is 8.10. The summed E-state index contributed by atoms with van der Waals surface area (Å²) < 4.78 is 39.2. The molecule has 0 saturated carbocycles. The van der Waals surface area contributed by atoms with Crippen LogP contribution in [0.3, 0.4) is 0 Å². The van der Waals surface area contributed by atoms with E-state index in [1.807, 2.05) is 20.8 Å². The van der Waals surface area contributed by atoms with Gasteiger partial charge in [0.25, 0.3) is 0 Å². The molecule has 30 heavy (non-hydrogen) atoms. The van der Waals surface area contributed by atoms with Crippen molar-refractivity contribution in [2.45, 2.75) is 50.4 Å². The topological polar surface area (TPSA) is 58.2 Å². The third-order valence-corrected chi connectivity index (χ3v) is 5.11. The summed E-state index contributed by atoms with van der Waals surface area (Å²) in [5.74, 6) is -0.613. The molecule has 2 amide bonds. The van der Waals surface area contributed by atoms with Gasteiger partial charge in [-0.1, -0.05) is 32.9 Å². The highest BCUT2D eigenvalue weighted by Gasteiger charge is 2.33. The van der Waals surface area contributed by atoms with E-state index in [1.165, 1.54) is 30.0 Å². The van der Waals surface area contributed by atoms with E-state index in [2.05, 4.69) is 10.6 Å². The highest BCUT2D eigenvalue weighted by Crippen LogP contribution is 2.35. The average molecular weight is 439 g/mol. The van der Waals surface area contributed by atoms with Crippen molar-refractivity contribution in [3.8, 4) is 0 Å². The Hall–Kier alpha value is -2.48. The Bertz CT molecular complexity index is 890. The fraction of sp³-hybridized carbons (Fsp3) is 0.364. The van der Waals surface area contributed by atoms with Crippen molar-refractivity contribution in [3.05, 3.63) is 54.1 Å². The quantitative estimate of drug-likeness (QED) is 0.528. The Kier molecular flexibility index (Phi) is 7.58. The summed E-state index contributed by atoms with van der Waals surface area (Å²) in [5.41, 5.74) is -0.622. The van der Waals surface area contributed by atoms with Crippen LogP contribution in [0, 0.1) is 5.41 Å². The lowest BCUT2D eigenvalue weighted by molar-refractivity contribution is -0.137. The maximum Gasteiger partial charge on any atom is 0.418 e. The number of carbonyl (C=O) groups is 2. The number of alkyl halides is 3. The van der Waals surface area contributed by atoms with Gasteiger partial charge in [-0.3, -0.25) is 9.59 Å². The van der Waals surface area contributed by atoms with Gasteiger partial charge in [0.05, 0.1) is 16.5 Å². The first-order valence-corrected chi connectivity index (χ1v) is 10.3. The van der Waals surface area contributed by atoms with Crippen LogP contribution in [0.15, 0.2) is 53.4 Å². The lowest BCUT2D eigenvalue weighted by atomic mass is 9.92. The zero-order valence-electron chi connectivity index (χ0n) is 17.3. The van der Waals surface area contributed by atoms with Gasteiger partial charge in [0.1, 0.15) is 0 Å². The highest BCUT2D eigenvalue weighted by atomic mass is 32.2. The molecule has 2 aromatic rings. The van der Waals surface area contributed by atoms with E-state index in [0.29, 0.717) is 12.1 Å². The summed E-state index contributed by atoms with van der Waals surface area (Å²) in [4.78, 5) is 25.1. The van der Waals surface area contributed by atoms with Crippen molar-refractivity contribution in [2.24, 2.45) is 5.41 Å². The number of benzene rings is 2. The second kappa shape index (κ2) is 9.55. The Balaban J connectivity index is 1.97. The fourth-order valence-corrected chi connectivity index (χ4v) is 3.50. The van der Waals surface area contributed by atoms with E-state index in [0.717, 1.165) is 11.0 Å². The number of hydrogen-bond acceptors (Lipinski definition) is 3. The molecule has 1 atom stereocenters. The molecule has 2 rings (SSSR count). The molecule has 0 bridgehead atoms. The van der Waals surface area contributed by atoms with E-state index in [1.54, 1.807) is 31.2 Å². The summed E-state index contributed by atoms with van der Waals surface area (Å²) in [7, 11) is 0. The molecule has 2 aromatic carbocycles. The summed E-state index contributed by atoms with van der Waals surface area (Å²) in [6.45, 7) is 7.55. The molecule has 0 saturated heterocycles. The van der Waals surface area contributed by atoms with Crippen LogP contribution in [-0.2, 0) is 15.8 Å². The molecule has 0 fully saturated rings. The number of anilines is 2. The molecule has 0 aliphatic carbocycles. The van der Waals surface area contributed by atoms with E-state index >= 15 is 0 Å². The Morgan fingerprint density at radius 1 is 0.967 bits per heavy atom. The smallest absolute Gasteiger partial charge is 0.326 e. The second-order valence-corrected chi connectivity index (χ2v) is 9.52. The summed E-state index contributed by atoms with van der Waals surface area (Å²) >= 11 is 1.22. The van der Waals surface area contributed by atoms with Gasteiger partial charge in [-0.25, -0.2) is 0 Å². The lowest BCUT2D eigenvalue weighted by Crippen LogP contribution is -2.24. The SMILES string of the molecule is CC(Sc1ccc(NC(=O)CC(C)(C)C)cc1)C(=O)Nc1ccccc1C(F)(F)F. The van der Waals surface area contributed by atoms with Crippen LogP contribution in [0.25, 0.3) is 0 Å². The number of carbonyl (C=O) groups excluding carboxylic acids is 2. The molecular formula is C22H25F3N2O2S. The Morgan fingerprint density at radius 3 is 2.13 bits per heavy atom. The molecule has 0 spiro atoms. The van der Waals surface area contributed by atoms with Crippen molar-refractivity contribution < 1.29 is 22.8 Å². The molecule has 0 aliphatic rings. The van der Waals surface area contributed by atoms with E-state index in [-0.39, 0.29) is 17.0 Å². The predicted molar refractivity (Wildman–Crippen MR) is 115 cm³/mol. The first-order valence-electron chi connectivity index (χ1n) is 9.39. The minimum absolute atomic E-state index is 0.0843. The normalized spacial score (nSPS) is 12.9. The van der Waals surface area contributed by atoms with Crippen LogP contribution in [0.2, 0.25) is 0 Å². The molecule has 2 N–H and O–H groups in total. The maximum absolute atomic E-state index is 13.1. The Morgan fingerprint density at radius 2 is 1.57 bits per heavy atom. The number of amides is 2. The van der Waals surface area contributed by atoms with Crippen LogP contribution in [0.1, 0.15) is 39.7 Å². The number of rotatable bonds is 6. The number of halogens is 3. The molecule has 0 heterocycles. The van der Waals surface area contributed by atoms with Crippen LogP contribution in [-0.4, -0.2) is 17.1 Å². The van der Waals surface area contributed by atoms with Gasteiger partial charge in [0.15, 0.2) is 0 Å². The minimum atomic E-state index is -4.55. The summed E-state index contributed by atoms with van der Waals surface area (Å²) in [5, 5.41) is 4.56. The molecule has 0 radical (unpaired) electrons. The largest absolute Gasteiger partial charge is 0.418 e. The third-order valence-electron chi connectivity index (χ3n) is 4.00. The fourth-order valence-electron chi connectivity index (χ4n) is 2.64. The molecule has 1 unspecified atom stereocenters. The predicted octanol–water partition coefficient (Wildman–Crippen LogP) is 6.20. The zero-order chi connectivity index (χ0) is 22.5. The van der Waals surface area contributed by atoms with Crippen molar-refractivity contribution in [2.75, 3.05) is 10.6 Å². The van der Waals surface area contributed by atoms with Crippen molar-refractivity contribution in [1.82, 2.24) is 0 Å². The minimum Gasteiger partial charge on any atom is -0.326 e. The molecule has 8 heteroatoms. The number of hydrogen-bond donors (Lipinski definition) is 2. The molecule has 4 nitrogen and oxygen atoms in total. The third kappa shape index (κ3) is 7.40. The standard InChI is InChI=1S/C22H25F3N2O2S/c1-14(20(29)27-18-8-6-5-7-17(18)22(23,24)25)30-16-11-9-15(10-12-16)26-19(28)13-21(2,3)4/h5-12,14H,13H2,1-4H3,(H,26,28)(H,27,29). The van der Waals surface area contributed by atoms with Gasteiger partial charge in [-0.2, -0.15) is 13.2 Å². The highest BCUT2D eigenvalue weighted by molar-refractivity contribution is 8.00. The van der Waals surface area contributed by atoms with Crippen molar-refractivity contribution in [3.63, 3.8) is 0 Å². The zero-order valence-corrected chi connectivity index (χ0v) is 18.1. The Labute approximate surface area is 178 Å². The monoisotopic (exact) mass is 438 g/mol. The first-order chi connectivity index (χ1) is 13.8. The van der Waals surface area contributed by atoms with Gasteiger partial charge >= 0.3 is 6.18 Å². The van der Waals surface area contributed by atoms with Gasteiger partial charge in [-0.05, 0) is 48.7 Å². The first kappa shape index (κ1) is 23.8. The van der Waals surface area contributed by atoms with Crippen LogP contribution >= 0.6 is 11.8 Å². The van der Waals surface area contributed by atoms with Gasteiger partial charge in [0, 0.05) is 17.0 Å². The maximum atomic E-state index is 13.1. The van der Waals surface area contributed by atoms with Crippen molar-refractivity contribution >= 4 is 35.0 Å². The van der Waals surface area contributed by atoms with E-state index in [4.69, 9.17) is 0 Å². The van der Waals surface area contributed by atoms with Gasteiger partial charge < -0.3 is 10.6 Å². The van der Waals surface area contributed by atoms with Crippen molar-refractivity contribution in [1.29, 1.82) is 0 Å². The number of thioether (sulfide) groups is 1. The summed E-state index contributed by atoms with van der Waals surface area (Å²) in [6.07, 6.45) is -4.16. The molecule has 162 valence electrons. The summed E-state index contributed by atoms with van der Waals surface area (Å²) in [6, 6.07) is 11.8. The van der Waals surface area contributed by atoms with E-state index < -0.39 is 22.9 Å². The number of nitrogens with one attached hydrogen (secondary N) is 2. The lowest BCUT2D eigenvalue weighted by Gasteiger charge is -2.17. The van der Waals surface area contributed by atoms with Gasteiger partial charge in [0.2, 0.25) is 11.8 Å². The molecule has 0 aliphatic heterocycles. The van der Waals surface area contributed by atoms with Gasteiger partial charge in [-0.15, -0.1) is 11.8 Å².